The topological polar surface area (TPSA) is 33.1 Å². The summed E-state index contributed by atoms with van der Waals surface area (Å²) >= 11 is 1.78. The van der Waals surface area contributed by atoms with E-state index in [0.29, 0.717) is 0 Å². The number of pyridine rings is 1. The molecule has 0 bridgehead atoms. The van der Waals surface area contributed by atoms with Crippen LogP contribution < -0.4 is 0 Å². The van der Waals surface area contributed by atoms with Gasteiger partial charge in [0.25, 0.3) is 0 Å². The Balaban J connectivity index is 1.89. The van der Waals surface area contributed by atoms with Crippen molar-refractivity contribution >= 4 is 11.8 Å². The lowest BCUT2D eigenvalue weighted by Gasteiger charge is -1.98. The average molecular weight is 181 g/mol. The monoisotopic (exact) mass is 181 g/mol. The van der Waals surface area contributed by atoms with E-state index in [1.807, 2.05) is 6.07 Å². The maximum Gasteiger partial charge on any atom is 0.133 e. The van der Waals surface area contributed by atoms with E-state index in [1.54, 1.807) is 17.8 Å². The summed E-state index contributed by atoms with van der Waals surface area (Å²) in [5.74, 6) is 2.34. The van der Waals surface area contributed by atoms with Gasteiger partial charge in [-0.25, -0.2) is 4.98 Å². The second-order valence-corrected chi connectivity index (χ2v) is 4.15. The SMILES string of the molecule is Oc1ccc(SCC2CC2)nc1. The maximum atomic E-state index is 8.97. The summed E-state index contributed by atoms with van der Waals surface area (Å²) < 4.78 is 0. The van der Waals surface area contributed by atoms with Gasteiger partial charge in [-0.2, -0.15) is 0 Å². The molecule has 0 atom stereocenters. The number of hydrogen-bond donors (Lipinski definition) is 1. The molecular formula is C9H11NOS. The first kappa shape index (κ1) is 7.92. The molecular weight excluding hydrogens is 170 g/mol. The molecule has 0 saturated heterocycles. The summed E-state index contributed by atoms with van der Waals surface area (Å²) in [5.41, 5.74) is 0. The third kappa shape index (κ3) is 2.14. The number of nitrogens with zero attached hydrogens (tertiary/aromatic N) is 1. The van der Waals surface area contributed by atoms with E-state index < -0.39 is 0 Å². The van der Waals surface area contributed by atoms with Crippen molar-refractivity contribution in [2.45, 2.75) is 17.9 Å². The lowest BCUT2D eigenvalue weighted by atomic mass is 10.5. The van der Waals surface area contributed by atoms with Gasteiger partial charge in [-0.3, -0.25) is 0 Å². The first-order chi connectivity index (χ1) is 5.84. The summed E-state index contributed by atoms with van der Waals surface area (Å²) in [6.07, 6.45) is 4.26. The third-order valence-corrected chi connectivity index (χ3v) is 3.06. The van der Waals surface area contributed by atoms with Crippen LogP contribution in [0, 0.1) is 5.92 Å². The average Bonchev–Trinajstić information content (AvgIpc) is 2.87. The number of hydrogen-bond acceptors (Lipinski definition) is 3. The zero-order valence-corrected chi connectivity index (χ0v) is 7.55. The van der Waals surface area contributed by atoms with Crippen molar-refractivity contribution in [3.63, 3.8) is 0 Å². The predicted molar refractivity (Wildman–Crippen MR) is 49.3 cm³/mol. The van der Waals surface area contributed by atoms with E-state index in [-0.39, 0.29) is 5.75 Å². The largest absolute Gasteiger partial charge is 0.506 e. The summed E-state index contributed by atoms with van der Waals surface area (Å²) in [6, 6.07) is 3.55. The highest BCUT2D eigenvalue weighted by molar-refractivity contribution is 7.99. The van der Waals surface area contributed by atoms with Crippen molar-refractivity contribution in [3.05, 3.63) is 18.3 Å². The van der Waals surface area contributed by atoms with Crippen LogP contribution in [0.25, 0.3) is 0 Å². The Morgan fingerprint density at radius 3 is 2.92 bits per heavy atom. The molecule has 1 aromatic heterocycles. The zero-order valence-electron chi connectivity index (χ0n) is 6.73. The van der Waals surface area contributed by atoms with Crippen molar-refractivity contribution in [1.29, 1.82) is 0 Å². The van der Waals surface area contributed by atoms with Crippen LogP contribution in [0.5, 0.6) is 5.75 Å². The fourth-order valence-corrected chi connectivity index (χ4v) is 1.98. The first-order valence-corrected chi connectivity index (χ1v) is 5.11. The van der Waals surface area contributed by atoms with Gasteiger partial charge in [0, 0.05) is 5.75 Å². The van der Waals surface area contributed by atoms with Crippen LogP contribution in [0.4, 0.5) is 0 Å². The van der Waals surface area contributed by atoms with Crippen LogP contribution in [0.1, 0.15) is 12.8 Å². The quantitative estimate of drug-likeness (QED) is 0.726. The first-order valence-electron chi connectivity index (χ1n) is 4.12. The molecule has 3 heteroatoms. The van der Waals surface area contributed by atoms with Crippen LogP contribution in [0.15, 0.2) is 23.4 Å². The summed E-state index contributed by atoms with van der Waals surface area (Å²) in [6.45, 7) is 0. The molecule has 1 fully saturated rings. The van der Waals surface area contributed by atoms with Gasteiger partial charge in [0.2, 0.25) is 0 Å². The van der Waals surface area contributed by atoms with Gasteiger partial charge >= 0.3 is 0 Å². The molecule has 2 nitrogen and oxygen atoms in total. The second-order valence-electron chi connectivity index (χ2n) is 3.11. The summed E-state index contributed by atoms with van der Waals surface area (Å²) in [4.78, 5) is 4.09. The van der Waals surface area contributed by atoms with Crippen molar-refractivity contribution in [2.75, 3.05) is 5.75 Å². The maximum absolute atomic E-state index is 8.97. The second kappa shape index (κ2) is 3.35. The third-order valence-electron chi connectivity index (χ3n) is 1.88. The molecule has 1 aliphatic rings. The Labute approximate surface area is 76.0 Å². The van der Waals surface area contributed by atoms with Crippen LogP contribution in [-0.2, 0) is 0 Å². The molecule has 1 saturated carbocycles. The molecule has 0 radical (unpaired) electrons. The zero-order chi connectivity index (χ0) is 8.39. The van der Waals surface area contributed by atoms with Gasteiger partial charge in [0.15, 0.2) is 0 Å². The van der Waals surface area contributed by atoms with Gasteiger partial charge < -0.3 is 5.11 Å². The molecule has 0 unspecified atom stereocenters. The van der Waals surface area contributed by atoms with Crippen LogP contribution in [0.2, 0.25) is 0 Å². The van der Waals surface area contributed by atoms with E-state index in [1.165, 1.54) is 24.8 Å². The highest BCUT2D eigenvalue weighted by Crippen LogP contribution is 2.34. The molecule has 1 aliphatic carbocycles. The molecule has 0 spiro atoms. The van der Waals surface area contributed by atoms with Crippen LogP contribution in [0.3, 0.4) is 0 Å². The lowest BCUT2D eigenvalue weighted by Crippen LogP contribution is -1.83. The summed E-state index contributed by atoms with van der Waals surface area (Å²) in [5, 5.41) is 9.99. The molecule has 0 aromatic carbocycles. The van der Waals surface area contributed by atoms with Crippen LogP contribution in [-0.4, -0.2) is 15.8 Å². The minimum atomic E-state index is 0.241. The number of aromatic hydroxyl groups is 1. The minimum Gasteiger partial charge on any atom is -0.506 e. The van der Waals surface area contributed by atoms with E-state index in [2.05, 4.69) is 4.98 Å². The minimum absolute atomic E-state index is 0.241. The van der Waals surface area contributed by atoms with Gasteiger partial charge in [-0.05, 0) is 30.9 Å². The van der Waals surface area contributed by atoms with Crippen molar-refractivity contribution in [1.82, 2.24) is 4.98 Å². The molecule has 2 rings (SSSR count). The Kier molecular flexibility index (Phi) is 2.21. The molecule has 1 heterocycles. The summed E-state index contributed by atoms with van der Waals surface area (Å²) in [7, 11) is 0. The fourth-order valence-electron chi connectivity index (χ4n) is 0.946. The molecule has 0 amide bonds. The van der Waals surface area contributed by atoms with Gasteiger partial charge in [0.1, 0.15) is 5.75 Å². The fraction of sp³-hybridized carbons (Fsp3) is 0.444. The molecule has 12 heavy (non-hydrogen) atoms. The highest BCUT2D eigenvalue weighted by atomic mass is 32.2. The van der Waals surface area contributed by atoms with Gasteiger partial charge in [-0.15, -0.1) is 11.8 Å². The molecule has 1 aromatic rings. The number of aromatic nitrogens is 1. The van der Waals surface area contributed by atoms with Gasteiger partial charge in [0.05, 0.1) is 11.2 Å². The number of thioether (sulfide) groups is 1. The standard InChI is InChI=1S/C9H11NOS/c11-8-3-4-9(10-5-8)12-6-7-1-2-7/h3-5,7,11H,1-2,6H2. The lowest BCUT2D eigenvalue weighted by molar-refractivity contribution is 0.471. The molecule has 64 valence electrons. The molecule has 0 aliphatic heterocycles. The van der Waals surface area contributed by atoms with Crippen molar-refractivity contribution in [2.24, 2.45) is 5.92 Å². The Hall–Kier alpha value is -0.700. The Morgan fingerprint density at radius 2 is 2.33 bits per heavy atom. The Bertz CT molecular complexity index is 256. The smallest absolute Gasteiger partial charge is 0.133 e. The van der Waals surface area contributed by atoms with Gasteiger partial charge in [-0.1, -0.05) is 0 Å². The van der Waals surface area contributed by atoms with Crippen LogP contribution >= 0.6 is 11.8 Å². The van der Waals surface area contributed by atoms with E-state index in [4.69, 9.17) is 5.11 Å². The van der Waals surface area contributed by atoms with Crippen molar-refractivity contribution in [3.8, 4) is 5.75 Å². The predicted octanol–water partition coefficient (Wildman–Crippen LogP) is 2.29. The highest BCUT2D eigenvalue weighted by Gasteiger charge is 2.21. The Morgan fingerprint density at radius 1 is 1.50 bits per heavy atom. The van der Waals surface area contributed by atoms with E-state index in [0.717, 1.165) is 10.9 Å². The molecule has 1 N–H and O–H groups in total. The van der Waals surface area contributed by atoms with E-state index in [9.17, 15) is 0 Å². The normalized spacial score (nSPS) is 16.3. The number of rotatable bonds is 3. The van der Waals surface area contributed by atoms with E-state index >= 15 is 0 Å². The van der Waals surface area contributed by atoms with Crippen molar-refractivity contribution < 1.29 is 5.11 Å².